The van der Waals surface area contributed by atoms with Gasteiger partial charge >= 0.3 is 5.97 Å². The van der Waals surface area contributed by atoms with Gasteiger partial charge in [-0.3, -0.25) is 9.59 Å². The van der Waals surface area contributed by atoms with Crippen molar-refractivity contribution in [3.63, 3.8) is 0 Å². The predicted molar refractivity (Wildman–Crippen MR) is 352 cm³/mol. The first-order valence-electron chi connectivity index (χ1n) is 35.9. The van der Waals surface area contributed by atoms with E-state index in [0.29, 0.717) is 19.4 Å². The summed E-state index contributed by atoms with van der Waals surface area (Å²) in [6.45, 7) is 4.92. The molecule has 0 aromatic rings. The number of allylic oxidation sites excluding steroid dienone is 7. The van der Waals surface area contributed by atoms with Crippen molar-refractivity contribution < 1.29 is 24.5 Å². The monoisotopic (exact) mass is 1120 g/mol. The Morgan fingerprint density at radius 3 is 0.963 bits per heavy atom. The Morgan fingerprint density at radius 1 is 0.350 bits per heavy atom. The normalized spacial score (nSPS) is 12.8. The average Bonchev–Trinajstić information content (AvgIpc) is 3.46. The van der Waals surface area contributed by atoms with E-state index < -0.39 is 12.1 Å². The van der Waals surface area contributed by atoms with Gasteiger partial charge in [-0.25, -0.2) is 0 Å². The fourth-order valence-electron chi connectivity index (χ4n) is 11.1. The number of rotatable bonds is 67. The molecule has 0 saturated carbocycles. The van der Waals surface area contributed by atoms with Crippen molar-refractivity contribution >= 4 is 11.9 Å². The van der Waals surface area contributed by atoms with Gasteiger partial charge in [0, 0.05) is 12.8 Å². The maximum absolute atomic E-state index is 12.5. The van der Waals surface area contributed by atoms with E-state index in [0.717, 1.165) is 51.4 Å². The Morgan fingerprint density at radius 2 is 0.625 bits per heavy atom. The van der Waals surface area contributed by atoms with E-state index in [1.54, 1.807) is 6.08 Å². The molecule has 0 aliphatic heterocycles. The van der Waals surface area contributed by atoms with E-state index in [1.807, 2.05) is 6.08 Å². The number of ether oxygens (including phenoxy) is 1. The van der Waals surface area contributed by atoms with Crippen LogP contribution in [0.25, 0.3) is 0 Å². The fraction of sp³-hybridized carbons (Fsp3) is 0.865. The maximum atomic E-state index is 12.5. The van der Waals surface area contributed by atoms with Crippen LogP contribution in [0.4, 0.5) is 0 Å². The zero-order valence-corrected chi connectivity index (χ0v) is 53.8. The molecule has 0 aromatic heterocycles. The van der Waals surface area contributed by atoms with Gasteiger partial charge in [-0.15, -0.1) is 0 Å². The highest BCUT2D eigenvalue weighted by Gasteiger charge is 2.18. The molecule has 6 nitrogen and oxygen atoms in total. The van der Waals surface area contributed by atoms with E-state index in [2.05, 4.69) is 55.6 Å². The van der Waals surface area contributed by atoms with Crippen LogP contribution < -0.4 is 5.32 Å². The largest absolute Gasteiger partial charge is 0.466 e. The molecule has 1 amide bonds. The molecule has 0 saturated heterocycles. The molecule has 3 N–H and O–H groups in total. The number of aliphatic hydroxyl groups excluding tert-OH is 2. The minimum atomic E-state index is -0.843. The summed E-state index contributed by atoms with van der Waals surface area (Å²) in [5.41, 5.74) is 0. The summed E-state index contributed by atoms with van der Waals surface area (Å²) < 4.78 is 5.49. The van der Waals surface area contributed by atoms with Crippen LogP contribution in [0.3, 0.4) is 0 Å². The van der Waals surface area contributed by atoms with Crippen LogP contribution in [-0.4, -0.2) is 47.4 Å². The average molecular weight is 1120 g/mol. The third-order valence-corrected chi connectivity index (χ3v) is 16.6. The van der Waals surface area contributed by atoms with E-state index in [9.17, 15) is 19.8 Å². The molecule has 6 heteroatoms. The predicted octanol–water partition coefficient (Wildman–Crippen LogP) is 23.3. The van der Waals surface area contributed by atoms with E-state index in [4.69, 9.17) is 4.74 Å². The molecule has 0 aliphatic carbocycles. The Hall–Kier alpha value is -2.18. The van der Waals surface area contributed by atoms with Crippen LogP contribution in [0.1, 0.15) is 386 Å². The first-order valence-corrected chi connectivity index (χ1v) is 35.9. The summed E-state index contributed by atoms with van der Waals surface area (Å²) in [6, 6.07) is -0.626. The minimum Gasteiger partial charge on any atom is -0.466 e. The summed E-state index contributed by atoms with van der Waals surface area (Å²) in [5, 5.41) is 23.1. The van der Waals surface area contributed by atoms with Crippen LogP contribution in [0.15, 0.2) is 48.6 Å². The lowest BCUT2D eigenvalue weighted by Gasteiger charge is -2.20. The van der Waals surface area contributed by atoms with Crippen molar-refractivity contribution in [2.24, 2.45) is 0 Å². The number of amides is 1. The highest BCUT2D eigenvalue weighted by Crippen LogP contribution is 2.18. The molecule has 0 fully saturated rings. The lowest BCUT2D eigenvalue weighted by molar-refractivity contribution is -0.143. The van der Waals surface area contributed by atoms with Crippen LogP contribution in [-0.2, 0) is 14.3 Å². The Kier molecular flexibility index (Phi) is 67.4. The molecule has 0 aromatic carbocycles. The zero-order chi connectivity index (χ0) is 57.8. The van der Waals surface area contributed by atoms with Crippen LogP contribution in [0.2, 0.25) is 0 Å². The van der Waals surface area contributed by atoms with Crippen molar-refractivity contribution in [1.29, 1.82) is 0 Å². The van der Waals surface area contributed by atoms with Crippen molar-refractivity contribution in [3.05, 3.63) is 48.6 Å². The minimum absolute atomic E-state index is 0.00667. The molecule has 0 rings (SSSR count). The third-order valence-electron chi connectivity index (χ3n) is 16.6. The van der Waals surface area contributed by atoms with Gasteiger partial charge in [-0.2, -0.15) is 0 Å². The number of carbonyl (C=O) groups is 2. The number of unbranched alkanes of at least 4 members (excludes halogenated alkanes) is 50. The first kappa shape index (κ1) is 77.8. The van der Waals surface area contributed by atoms with Crippen LogP contribution in [0, 0.1) is 0 Å². The molecule has 2 atom stereocenters. The number of carbonyl (C=O) groups excluding carboxylic acids is 2. The number of aliphatic hydroxyl groups is 2. The molecule has 0 bridgehead atoms. The van der Waals surface area contributed by atoms with Crippen LogP contribution in [0.5, 0.6) is 0 Å². The van der Waals surface area contributed by atoms with Gasteiger partial charge in [-0.05, 0) is 89.9 Å². The summed E-state index contributed by atoms with van der Waals surface area (Å²) in [4.78, 5) is 24.6. The lowest BCUT2D eigenvalue weighted by Crippen LogP contribution is -2.45. The van der Waals surface area contributed by atoms with Gasteiger partial charge in [-0.1, -0.05) is 332 Å². The molecule has 0 heterocycles. The van der Waals surface area contributed by atoms with Gasteiger partial charge in [0.2, 0.25) is 5.91 Å². The van der Waals surface area contributed by atoms with Gasteiger partial charge < -0.3 is 20.3 Å². The van der Waals surface area contributed by atoms with E-state index >= 15 is 0 Å². The summed E-state index contributed by atoms with van der Waals surface area (Å²) in [5.74, 6) is -0.0581. The summed E-state index contributed by atoms with van der Waals surface area (Å²) in [7, 11) is 0. The van der Waals surface area contributed by atoms with Crippen molar-refractivity contribution in [2.45, 2.75) is 398 Å². The molecule has 2 unspecified atom stereocenters. The van der Waals surface area contributed by atoms with Gasteiger partial charge in [0.1, 0.15) is 0 Å². The second kappa shape index (κ2) is 69.3. The number of esters is 1. The summed E-state index contributed by atoms with van der Waals surface area (Å²) >= 11 is 0. The maximum Gasteiger partial charge on any atom is 0.305 e. The molecule has 0 radical (unpaired) electrons. The van der Waals surface area contributed by atoms with Crippen LogP contribution >= 0.6 is 0 Å². The van der Waals surface area contributed by atoms with E-state index in [1.165, 1.54) is 308 Å². The summed E-state index contributed by atoms with van der Waals surface area (Å²) in [6.07, 6.45) is 90.6. The molecule has 0 aliphatic rings. The number of hydrogen-bond acceptors (Lipinski definition) is 5. The quantitative estimate of drug-likeness (QED) is 0.0320. The number of nitrogens with one attached hydrogen (secondary N) is 1. The highest BCUT2D eigenvalue weighted by atomic mass is 16.5. The third kappa shape index (κ3) is 65.0. The fourth-order valence-corrected chi connectivity index (χ4v) is 11.1. The van der Waals surface area contributed by atoms with Gasteiger partial charge in [0.25, 0.3) is 0 Å². The smallest absolute Gasteiger partial charge is 0.305 e. The SMILES string of the molecule is CCCCCCCCC/C=C\CCCCCCCC(=O)OCCCCCCCCCCC/C=C\C/C=C\CCCCCCCCCCCCCCCCCCCC(=O)NC(CO)C(O)/C=C/CCCCCCCCCCCCCC. The van der Waals surface area contributed by atoms with Crippen molar-refractivity contribution in [2.75, 3.05) is 13.2 Å². The van der Waals surface area contributed by atoms with Gasteiger partial charge in [0.05, 0.1) is 25.4 Å². The molecular weight excluding hydrogens is 983 g/mol. The zero-order valence-electron chi connectivity index (χ0n) is 53.8. The Labute approximate surface area is 499 Å². The molecular formula is C74H139NO5. The standard InChI is InChI=1S/C74H139NO5/c1-3-5-7-9-11-13-15-17-19-40-44-48-52-56-60-64-68-74(79)80-69-65-61-57-53-49-45-41-38-36-34-32-30-28-26-24-22-20-21-23-25-27-29-31-33-35-37-39-43-47-51-55-59-63-67-73(78)75-71(70-76)72(77)66-62-58-54-50-46-42-18-16-14-12-10-8-6-4-2/h19,24,26,30,32,40,62,66,71-72,76-77H,3-18,20-23,25,27-29,31,33-39,41-61,63-65,67-70H2,1-2H3,(H,75,78)/b26-24-,32-30-,40-19-,66-62+. The Balaban J connectivity index is 3.39. The van der Waals surface area contributed by atoms with Crippen molar-refractivity contribution in [1.82, 2.24) is 5.32 Å². The van der Waals surface area contributed by atoms with Gasteiger partial charge in [0.15, 0.2) is 0 Å². The molecule has 0 spiro atoms. The molecule has 80 heavy (non-hydrogen) atoms. The number of hydrogen-bond donors (Lipinski definition) is 3. The second-order valence-corrected chi connectivity index (χ2v) is 24.6. The second-order valence-electron chi connectivity index (χ2n) is 24.6. The van der Waals surface area contributed by atoms with E-state index in [-0.39, 0.29) is 18.5 Å². The Bertz CT molecular complexity index is 1340. The van der Waals surface area contributed by atoms with Crippen molar-refractivity contribution in [3.8, 4) is 0 Å². The highest BCUT2D eigenvalue weighted by molar-refractivity contribution is 5.76. The topological polar surface area (TPSA) is 95.9 Å². The first-order chi connectivity index (χ1) is 39.5. The molecule has 470 valence electrons. The lowest BCUT2D eigenvalue weighted by atomic mass is 10.0.